The smallest absolute Gasteiger partial charge is 0.306 e. The van der Waals surface area contributed by atoms with Gasteiger partial charge in [-0.05, 0) is 29.8 Å². The van der Waals surface area contributed by atoms with Crippen molar-refractivity contribution in [1.82, 2.24) is 9.97 Å². The van der Waals surface area contributed by atoms with Crippen LogP contribution in [0.25, 0.3) is 11.0 Å². The zero-order chi connectivity index (χ0) is 22.5. The average molecular weight is 449 g/mol. The Morgan fingerprint density at radius 1 is 1.09 bits per heavy atom. The first-order chi connectivity index (χ1) is 15.5. The van der Waals surface area contributed by atoms with Gasteiger partial charge in [0.15, 0.2) is 5.76 Å². The third-order valence-corrected chi connectivity index (χ3v) is 5.97. The molecule has 8 heteroatoms. The van der Waals surface area contributed by atoms with Crippen LogP contribution in [-0.2, 0) is 15.3 Å². The number of rotatable bonds is 7. The van der Waals surface area contributed by atoms with Crippen molar-refractivity contribution in [3.05, 3.63) is 94.3 Å². The Kier molecular flexibility index (Phi) is 6.51. The molecule has 7 nitrogen and oxygen atoms in total. The van der Waals surface area contributed by atoms with Gasteiger partial charge in [-0.3, -0.25) is 19.6 Å². The van der Waals surface area contributed by atoms with Crippen molar-refractivity contribution in [2.75, 3.05) is 7.11 Å². The van der Waals surface area contributed by atoms with E-state index < -0.39 is 23.1 Å². The number of methoxy groups -OCH3 is 1. The van der Waals surface area contributed by atoms with Gasteiger partial charge in [0.2, 0.25) is 11.2 Å². The van der Waals surface area contributed by atoms with Crippen molar-refractivity contribution in [3.8, 4) is 5.75 Å². The summed E-state index contributed by atoms with van der Waals surface area (Å²) in [6.45, 7) is 0. The Bertz CT molecular complexity index is 1310. The molecule has 0 aliphatic heterocycles. The van der Waals surface area contributed by atoms with Crippen molar-refractivity contribution in [3.63, 3.8) is 0 Å². The summed E-state index contributed by atoms with van der Waals surface area (Å²) in [6, 6.07) is 16.3. The maximum absolute atomic E-state index is 12.5. The Balaban J connectivity index is 1.74. The summed E-state index contributed by atoms with van der Waals surface area (Å²) in [5.74, 6) is -0.946. The molecule has 2 aromatic heterocycles. The van der Waals surface area contributed by atoms with Gasteiger partial charge < -0.3 is 14.3 Å². The molecular formula is C24H20N2O5S. The Hall–Kier alpha value is -3.65. The number of thioether (sulfide) groups is 1. The highest BCUT2D eigenvalue weighted by Gasteiger charge is 2.27. The minimum absolute atomic E-state index is 0.0230. The second-order valence-corrected chi connectivity index (χ2v) is 8.08. The molecule has 4 rings (SSSR count). The summed E-state index contributed by atoms with van der Waals surface area (Å²) in [4.78, 5) is 34.3. The van der Waals surface area contributed by atoms with E-state index in [1.165, 1.54) is 24.9 Å². The minimum atomic E-state index is -0.733. The van der Waals surface area contributed by atoms with Crippen LogP contribution in [0.5, 0.6) is 5.75 Å². The first kappa shape index (κ1) is 21.6. The van der Waals surface area contributed by atoms with Gasteiger partial charge >= 0.3 is 5.97 Å². The third kappa shape index (κ3) is 4.81. The van der Waals surface area contributed by atoms with Crippen LogP contribution in [0, 0.1) is 0 Å². The largest absolute Gasteiger partial charge is 0.502 e. The fraction of sp³-hybridized carbons (Fsp3) is 0.167. The van der Waals surface area contributed by atoms with E-state index >= 15 is 0 Å². The summed E-state index contributed by atoms with van der Waals surface area (Å²) in [6.07, 6.45) is 3.04. The number of hydrogen-bond donors (Lipinski definition) is 1. The van der Waals surface area contributed by atoms with E-state index in [4.69, 9.17) is 9.15 Å². The average Bonchev–Trinajstić information content (AvgIpc) is 2.83. The topological polar surface area (TPSA) is 103 Å². The number of ether oxygens (including phenoxy) is 1. The molecule has 0 saturated heterocycles. The lowest BCUT2D eigenvalue weighted by molar-refractivity contribution is -0.140. The lowest BCUT2D eigenvalue weighted by atomic mass is 9.92. The molecule has 32 heavy (non-hydrogen) atoms. The number of fused-ring (bicyclic) bond motifs is 1. The van der Waals surface area contributed by atoms with Crippen molar-refractivity contribution < 1.29 is 19.1 Å². The highest BCUT2D eigenvalue weighted by Crippen LogP contribution is 2.35. The Labute approximate surface area is 188 Å². The second kappa shape index (κ2) is 9.65. The molecule has 0 saturated carbocycles. The molecule has 0 spiro atoms. The molecule has 162 valence electrons. The maximum atomic E-state index is 12.5. The summed E-state index contributed by atoms with van der Waals surface area (Å²) >= 11 is 1.50. The number of hydrogen-bond acceptors (Lipinski definition) is 8. The highest BCUT2D eigenvalue weighted by molar-refractivity contribution is 7.98. The Morgan fingerprint density at radius 3 is 2.59 bits per heavy atom. The van der Waals surface area contributed by atoms with Crippen LogP contribution >= 0.6 is 11.8 Å². The first-order valence-corrected chi connectivity index (χ1v) is 10.8. The quantitative estimate of drug-likeness (QED) is 0.330. The predicted octanol–water partition coefficient (Wildman–Crippen LogP) is 4.28. The molecular weight excluding hydrogens is 428 g/mol. The van der Waals surface area contributed by atoms with Gasteiger partial charge in [0.05, 0.1) is 36.2 Å². The molecule has 0 radical (unpaired) electrons. The van der Waals surface area contributed by atoms with Crippen molar-refractivity contribution >= 4 is 28.8 Å². The molecule has 2 heterocycles. The van der Waals surface area contributed by atoms with Crippen LogP contribution in [0.1, 0.15) is 29.4 Å². The van der Waals surface area contributed by atoms with E-state index in [1.54, 1.807) is 30.6 Å². The van der Waals surface area contributed by atoms with Gasteiger partial charge in [0.1, 0.15) is 5.76 Å². The summed E-state index contributed by atoms with van der Waals surface area (Å²) < 4.78 is 10.8. The molecule has 0 amide bonds. The maximum Gasteiger partial charge on any atom is 0.306 e. The third-order valence-electron chi connectivity index (χ3n) is 4.93. The molecule has 0 aliphatic rings. The lowest BCUT2D eigenvalue weighted by Crippen LogP contribution is -2.14. The van der Waals surface area contributed by atoms with Gasteiger partial charge in [-0.2, -0.15) is 0 Å². The number of esters is 1. The summed E-state index contributed by atoms with van der Waals surface area (Å²) in [5, 5.41) is 10.5. The highest BCUT2D eigenvalue weighted by atomic mass is 32.2. The zero-order valence-corrected chi connectivity index (χ0v) is 18.0. The van der Waals surface area contributed by atoms with Gasteiger partial charge in [-0.25, -0.2) is 0 Å². The minimum Gasteiger partial charge on any atom is -0.502 e. The number of nitrogens with zero attached hydrogens (tertiary/aromatic N) is 2. The second-order valence-electron chi connectivity index (χ2n) is 7.03. The van der Waals surface area contributed by atoms with Crippen LogP contribution in [0.4, 0.5) is 0 Å². The number of benzene rings is 2. The van der Waals surface area contributed by atoms with Gasteiger partial charge in [-0.15, -0.1) is 11.8 Å². The standard InChI is InChI=1S/C24H20N2O5S/c1-30-22(28)13-18(15-7-8-19-20(11-15)26-10-9-25-19)24-23(29)21(27)12-16(31-24)14-32-17-5-3-2-4-6-17/h2-12,18,29H,13-14H2,1H3/t18-/m1/s1. The molecule has 4 aromatic rings. The van der Waals surface area contributed by atoms with Crippen molar-refractivity contribution in [2.24, 2.45) is 0 Å². The molecule has 0 unspecified atom stereocenters. The van der Waals surface area contributed by atoms with Crippen molar-refractivity contribution in [2.45, 2.75) is 23.0 Å². The SMILES string of the molecule is COC(=O)C[C@H](c1ccc2nccnc2c1)c1oc(CSc2ccccc2)cc(=O)c1O. The fourth-order valence-corrected chi connectivity index (χ4v) is 4.14. The first-order valence-electron chi connectivity index (χ1n) is 9.86. The molecule has 0 aliphatic carbocycles. The molecule has 0 fully saturated rings. The van der Waals surface area contributed by atoms with Crippen LogP contribution in [0.2, 0.25) is 0 Å². The molecule has 1 atom stereocenters. The van der Waals surface area contributed by atoms with Gasteiger partial charge in [0, 0.05) is 23.4 Å². The van der Waals surface area contributed by atoms with Crippen LogP contribution in [-0.4, -0.2) is 28.2 Å². The van der Waals surface area contributed by atoms with E-state index in [0.717, 1.165) is 4.90 Å². The normalized spacial score (nSPS) is 11.9. The molecule has 2 aromatic carbocycles. The van der Waals surface area contributed by atoms with Gasteiger partial charge in [-0.1, -0.05) is 24.3 Å². The number of carbonyl (C=O) groups excluding carboxylic acids is 1. The van der Waals surface area contributed by atoms with Crippen LogP contribution < -0.4 is 5.43 Å². The molecule has 0 bridgehead atoms. The molecule has 1 N–H and O–H groups in total. The van der Waals surface area contributed by atoms with E-state index in [2.05, 4.69) is 9.97 Å². The van der Waals surface area contributed by atoms with E-state index in [9.17, 15) is 14.7 Å². The van der Waals surface area contributed by atoms with Crippen LogP contribution in [0.3, 0.4) is 0 Å². The van der Waals surface area contributed by atoms with E-state index in [1.807, 2.05) is 30.3 Å². The van der Waals surface area contributed by atoms with Gasteiger partial charge in [0.25, 0.3) is 0 Å². The number of carbonyl (C=O) groups is 1. The van der Waals surface area contributed by atoms with Crippen LogP contribution in [0.15, 0.2) is 81.1 Å². The lowest BCUT2D eigenvalue weighted by Gasteiger charge is -2.18. The van der Waals surface area contributed by atoms with Crippen molar-refractivity contribution in [1.29, 1.82) is 0 Å². The predicted molar refractivity (Wildman–Crippen MR) is 121 cm³/mol. The van der Waals surface area contributed by atoms with E-state index in [-0.39, 0.29) is 12.2 Å². The Morgan fingerprint density at radius 2 is 1.84 bits per heavy atom. The monoisotopic (exact) mass is 448 g/mol. The number of aromatic hydroxyl groups is 1. The zero-order valence-electron chi connectivity index (χ0n) is 17.2. The number of aromatic nitrogens is 2. The fourth-order valence-electron chi connectivity index (χ4n) is 3.34. The summed E-state index contributed by atoms with van der Waals surface area (Å²) in [5.41, 5.74) is 1.39. The summed E-state index contributed by atoms with van der Waals surface area (Å²) in [7, 11) is 1.29. The van der Waals surface area contributed by atoms with E-state index in [0.29, 0.717) is 28.1 Å².